The highest BCUT2D eigenvalue weighted by atomic mass is 127. The van der Waals surface area contributed by atoms with Crippen molar-refractivity contribution >= 4 is 46.3 Å². The fraction of sp³-hybridized carbons (Fsp3) is 0.520. The van der Waals surface area contributed by atoms with Crippen LogP contribution in [0.4, 0.5) is 0 Å². The van der Waals surface area contributed by atoms with Gasteiger partial charge in [-0.15, -0.1) is 11.8 Å². The van der Waals surface area contributed by atoms with Gasteiger partial charge >= 0.3 is 11.9 Å². The smallest absolute Gasteiger partial charge is 0.303 e. The molecule has 6 atom stereocenters. The van der Waals surface area contributed by atoms with E-state index in [2.05, 4.69) is 46.9 Å². The van der Waals surface area contributed by atoms with Gasteiger partial charge in [0.1, 0.15) is 17.3 Å². The number of esters is 2. The van der Waals surface area contributed by atoms with E-state index in [1.807, 2.05) is 25.3 Å². The van der Waals surface area contributed by atoms with E-state index in [-0.39, 0.29) is 5.92 Å². The molecule has 0 aromatic heterocycles. The molecule has 1 unspecified atom stereocenters. The summed E-state index contributed by atoms with van der Waals surface area (Å²) in [5.41, 5.74) is 1.72. The molecular formula is C25H31IO7S. The number of rotatable bonds is 8. The Bertz CT molecular complexity index is 930. The summed E-state index contributed by atoms with van der Waals surface area (Å²) in [6.07, 6.45) is 3.85. The molecule has 3 rings (SSSR count). The van der Waals surface area contributed by atoms with Gasteiger partial charge in [-0.3, -0.25) is 9.59 Å². The molecule has 7 nitrogen and oxygen atoms in total. The van der Waals surface area contributed by atoms with Gasteiger partial charge in [-0.2, -0.15) is 0 Å². The van der Waals surface area contributed by atoms with Crippen molar-refractivity contribution in [3.8, 4) is 5.75 Å². The van der Waals surface area contributed by atoms with Crippen molar-refractivity contribution < 1.29 is 33.6 Å². The molecule has 1 heterocycles. The Labute approximate surface area is 218 Å². The summed E-state index contributed by atoms with van der Waals surface area (Å²) in [7, 11) is 0. The monoisotopic (exact) mass is 602 g/mol. The highest BCUT2D eigenvalue weighted by Gasteiger charge is 2.51. The fourth-order valence-electron chi connectivity index (χ4n) is 4.27. The van der Waals surface area contributed by atoms with Gasteiger partial charge in [-0.05, 0) is 71.9 Å². The van der Waals surface area contributed by atoms with Crippen molar-refractivity contribution in [3.05, 3.63) is 51.1 Å². The molecule has 0 radical (unpaired) electrons. The zero-order chi connectivity index (χ0) is 24.8. The summed E-state index contributed by atoms with van der Waals surface area (Å²) in [4.78, 5) is 23.4. The molecule has 1 N–H and O–H groups in total. The average molecular weight is 602 g/mol. The fourth-order valence-corrected chi connectivity index (χ4v) is 5.62. The molecule has 1 saturated heterocycles. The van der Waals surface area contributed by atoms with Crippen molar-refractivity contribution in [1.82, 2.24) is 0 Å². The van der Waals surface area contributed by atoms with Gasteiger partial charge in [0.2, 0.25) is 0 Å². The molecule has 34 heavy (non-hydrogen) atoms. The Morgan fingerprint density at radius 3 is 2.38 bits per heavy atom. The van der Waals surface area contributed by atoms with Gasteiger partial charge in [0.05, 0.1) is 12.7 Å². The predicted octanol–water partition coefficient (Wildman–Crippen LogP) is 4.21. The van der Waals surface area contributed by atoms with Crippen molar-refractivity contribution in [1.29, 1.82) is 0 Å². The van der Waals surface area contributed by atoms with Gasteiger partial charge in [-0.25, -0.2) is 0 Å². The van der Waals surface area contributed by atoms with E-state index < -0.39 is 41.8 Å². The highest BCUT2D eigenvalue weighted by molar-refractivity contribution is 14.1. The van der Waals surface area contributed by atoms with Crippen LogP contribution in [0.3, 0.4) is 0 Å². The molecule has 1 aliphatic carbocycles. The van der Waals surface area contributed by atoms with E-state index in [1.54, 1.807) is 0 Å². The average Bonchev–Trinajstić information content (AvgIpc) is 2.79. The SMILES string of the molecule is CCOc1ccc(CC2=CC([C@@H]3O[C@H](SC)[C@@H](OC(C)=O)[C@H](OC(C)=O)[C@H]3O)CC=C2I)cc1. The molecule has 1 fully saturated rings. The summed E-state index contributed by atoms with van der Waals surface area (Å²) in [6, 6.07) is 8.03. The van der Waals surface area contributed by atoms with Crippen molar-refractivity contribution in [2.75, 3.05) is 12.9 Å². The largest absolute Gasteiger partial charge is 0.494 e. The zero-order valence-electron chi connectivity index (χ0n) is 19.7. The van der Waals surface area contributed by atoms with E-state index in [9.17, 15) is 14.7 Å². The Morgan fingerprint density at radius 1 is 1.15 bits per heavy atom. The predicted molar refractivity (Wildman–Crippen MR) is 139 cm³/mol. The second-order valence-electron chi connectivity index (χ2n) is 8.24. The highest BCUT2D eigenvalue weighted by Crippen LogP contribution is 2.39. The molecule has 186 valence electrons. The topological polar surface area (TPSA) is 91.3 Å². The van der Waals surface area contributed by atoms with E-state index in [4.69, 9.17) is 18.9 Å². The molecule has 1 aromatic carbocycles. The Kier molecular flexibility index (Phi) is 9.87. The van der Waals surface area contributed by atoms with Crippen LogP contribution < -0.4 is 4.74 Å². The number of allylic oxidation sites excluding steroid dienone is 3. The molecule has 2 aliphatic rings. The van der Waals surface area contributed by atoms with E-state index in [0.717, 1.165) is 26.9 Å². The first-order valence-electron chi connectivity index (χ1n) is 11.2. The van der Waals surface area contributed by atoms with Crippen LogP contribution in [0.1, 0.15) is 32.8 Å². The number of benzene rings is 1. The maximum Gasteiger partial charge on any atom is 0.303 e. The molecule has 9 heteroatoms. The van der Waals surface area contributed by atoms with Crippen LogP contribution in [-0.2, 0) is 30.2 Å². The second kappa shape index (κ2) is 12.4. The normalized spacial score (nSPS) is 29.0. The summed E-state index contributed by atoms with van der Waals surface area (Å²) in [5, 5.41) is 11.2. The first-order valence-corrected chi connectivity index (χ1v) is 13.6. The minimum Gasteiger partial charge on any atom is -0.494 e. The molecule has 1 aliphatic heterocycles. The maximum atomic E-state index is 11.8. The van der Waals surface area contributed by atoms with Crippen LogP contribution in [0.5, 0.6) is 5.75 Å². The number of carbonyl (C=O) groups is 2. The zero-order valence-corrected chi connectivity index (χ0v) is 22.7. The van der Waals surface area contributed by atoms with Crippen molar-refractivity contribution in [2.24, 2.45) is 5.92 Å². The molecule has 0 bridgehead atoms. The second-order valence-corrected chi connectivity index (χ2v) is 10.3. The molecule has 0 saturated carbocycles. The standard InChI is InChI=1S/C25H31IO7S/c1-5-30-19-9-6-16(7-10-19)12-18-13-17(8-11-20(18)26)22-21(29)23(31-14(2)27)24(32-15(3)28)25(33-22)34-4/h6-7,9-11,13,17,21-25,29H,5,8,12H2,1-4H3/t17?,21-,22-,23+,24-,25+/m0/s1. The maximum absolute atomic E-state index is 11.8. The van der Waals surface area contributed by atoms with Gasteiger partial charge < -0.3 is 24.1 Å². The lowest BCUT2D eigenvalue weighted by Crippen LogP contribution is -2.60. The van der Waals surface area contributed by atoms with Crippen molar-refractivity contribution in [2.45, 2.75) is 63.5 Å². The minimum atomic E-state index is -1.14. The number of carbonyl (C=O) groups excluding carboxylic acids is 2. The third-order valence-corrected chi connectivity index (χ3v) is 7.71. The molecular weight excluding hydrogens is 571 g/mol. The van der Waals surface area contributed by atoms with E-state index in [1.165, 1.54) is 25.6 Å². The summed E-state index contributed by atoms with van der Waals surface area (Å²) in [5.74, 6) is -0.362. The van der Waals surface area contributed by atoms with E-state index >= 15 is 0 Å². The van der Waals surface area contributed by atoms with Crippen LogP contribution in [0.25, 0.3) is 0 Å². The van der Waals surface area contributed by atoms with Crippen molar-refractivity contribution in [3.63, 3.8) is 0 Å². The van der Waals surface area contributed by atoms with E-state index in [0.29, 0.717) is 13.0 Å². The minimum absolute atomic E-state index is 0.128. The lowest BCUT2D eigenvalue weighted by molar-refractivity contribution is -0.229. The molecule has 0 spiro atoms. The third-order valence-electron chi connectivity index (χ3n) is 5.74. The number of thioether (sulfide) groups is 1. The first-order chi connectivity index (χ1) is 16.2. The van der Waals surface area contributed by atoms with Gasteiger partial charge in [0.25, 0.3) is 0 Å². The lowest BCUT2D eigenvalue weighted by atomic mass is 9.83. The third kappa shape index (κ3) is 6.77. The number of halogens is 1. The number of aliphatic hydroxyl groups is 1. The number of hydrogen-bond donors (Lipinski definition) is 1. The lowest BCUT2D eigenvalue weighted by Gasteiger charge is -2.45. The van der Waals surface area contributed by atoms with Gasteiger partial charge in [-0.1, -0.05) is 24.3 Å². The summed E-state index contributed by atoms with van der Waals surface area (Å²) in [6.45, 7) is 5.14. The van der Waals surface area contributed by atoms with Gasteiger partial charge in [0.15, 0.2) is 12.2 Å². The van der Waals surface area contributed by atoms with Crippen LogP contribution in [0.2, 0.25) is 0 Å². The number of hydrogen-bond acceptors (Lipinski definition) is 8. The molecule has 0 amide bonds. The molecule has 1 aromatic rings. The summed E-state index contributed by atoms with van der Waals surface area (Å²) < 4.78 is 23.8. The van der Waals surface area contributed by atoms with Crippen LogP contribution in [-0.4, -0.2) is 59.8 Å². The van der Waals surface area contributed by atoms with Crippen LogP contribution >= 0.6 is 34.4 Å². The van der Waals surface area contributed by atoms with Crippen LogP contribution in [0, 0.1) is 5.92 Å². The Balaban J connectivity index is 1.83. The number of ether oxygens (including phenoxy) is 4. The summed E-state index contributed by atoms with van der Waals surface area (Å²) >= 11 is 3.69. The number of aliphatic hydroxyl groups excluding tert-OH is 1. The Morgan fingerprint density at radius 2 is 1.79 bits per heavy atom. The quantitative estimate of drug-likeness (QED) is 0.350. The first kappa shape index (κ1) is 27.0. The van der Waals surface area contributed by atoms with Crippen LogP contribution in [0.15, 0.2) is 45.6 Å². The Hall–Kier alpha value is -1.56. The van der Waals surface area contributed by atoms with Gasteiger partial charge in [0, 0.05) is 23.3 Å².